The van der Waals surface area contributed by atoms with Gasteiger partial charge in [-0.25, -0.2) is 0 Å². The van der Waals surface area contributed by atoms with Gasteiger partial charge in [0.05, 0.1) is 6.42 Å². The summed E-state index contributed by atoms with van der Waals surface area (Å²) in [6, 6.07) is 9.11. The molecule has 116 valence electrons. The van der Waals surface area contributed by atoms with Gasteiger partial charge in [-0.1, -0.05) is 30.3 Å². The fourth-order valence-electron chi connectivity index (χ4n) is 2.14. The summed E-state index contributed by atoms with van der Waals surface area (Å²) in [5.74, 6) is -1.21. The SMILES string of the molecule is CC(N)(C(=O)N(CCC(=O)O)C(C)(C)C)c1ccccc1. The monoisotopic (exact) mass is 292 g/mol. The predicted molar refractivity (Wildman–Crippen MR) is 81.7 cm³/mol. The molecule has 3 N–H and O–H groups in total. The molecule has 0 aliphatic rings. The number of carboxylic acids is 1. The Hall–Kier alpha value is -1.88. The van der Waals surface area contributed by atoms with Crippen LogP contribution >= 0.6 is 0 Å². The molecule has 0 aromatic heterocycles. The van der Waals surface area contributed by atoms with Crippen LogP contribution in [0.15, 0.2) is 30.3 Å². The lowest BCUT2D eigenvalue weighted by molar-refractivity contribution is -0.144. The van der Waals surface area contributed by atoms with Gasteiger partial charge in [-0.3, -0.25) is 9.59 Å². The van der Waals surface area contributed by atoms with Crippen molar-refractivity contribution in [3.05, 3.63) is 35.9 Å². The van der Waals surface area contributed by atoms with E-state index in [2.05, 4.69) is 0 Å². The molecule has 1 aromatic carbocycles. The standard InChI is InChI=1S/C16H24N2O3/c1-15(2,3)18(11-10-13(19)20)14(21)16(4,17)12-8-6-5-7-9-12/h5-9H,10-11,17H2,1-4H3,(H,19,20). The van der Waals surface area contributed by atoms with Crippen molar-refractivity contribution in [2.75, 3.05) is 6.54 Å². The third-order valence-corrected chi connectivity index (χ3v) is 3.42. The van der Waals surface area contributed by atoms with Gasteiger partial charge in [0.25, 0.3) is 0 Å². The quantitative estimate of drug-likeness (QED) is 0.869. The molecular formula is C16H24N2O3. The molecule has 5 nitrogen and oxygen atoms in total. The number of aliphatic carboxylic acids is 1. The largest absolute Gasteiger partial charge is 0.481 e. The summed E-state index contributed by atoms with van der Waals surface area (Å²) >= 11 is 0. The van der Waals surface area contributed by atoms with E-state index in [9.17, 15) is 9.59 Å². The lowest BCUT2D eigenvalue weighted by Gasteiger charge is -2.40. The van der Waals surface area contributed by atoms with Crippen LogP contribution < -0.4 is 5.73 Å². The molecule has 0 heterocycles. The molecule has 1 unspecified atom stereocenters. The van der Waals surface area contributed by atoms with E-state index in [-0.39, 0.29) is 18.9 Å². The number of carbonyl (C=O) groups excluding carboxylic acids is 1. The lowest BCUT2D eigenvalue weighted by Crippen LogP contribution is -2.57. The minimum Gasteiger partial charge on any atom is -0.481 e. The van der Waals surface area contributed by atoms with Gasteiger partial charge in [0.15, 0.2) is 0 Å². The first kappa shape index (κ1) is 17.2. The first-order chi connectivity index (χ1) is 9.56. The summed E-state index contributed by atoms with van der Waals surface area (Å²) in [6.07, 6.45) is -0.103. The molecule has 0 saturated heterocycles. The molecule has 0 spiro atoms. The summed E-state index contributed by atoms with van der Waals surface area (Å²) in [7, 11) is 0. The Morgan fingerprint density at radius 2 is 1.67 bits per heavy atom. The van der Waals surface area contributed by atoms with E-state index in [0.717, 1.165) is 0 Å². The summed E-state index contributed by atoms with van der Waals surface area (Å²) in [4.78, 5) is 25.2. The highest BCUT2D eigenvalue weighted by Gasteiger charge is 2.38. The Morgan fingerprint density at radius 3 is 2.10 bits per heavy atom. The van der Waals surface area contributed by atoms with E-state index < -0.39 is 17.0 Å². The second kappa shape index (κ2) is 6.26. The molecule has 1 amide bonds. The summed E-state index contributed by atoms with van der Waals surface area (Å²) in [5, 5.41) is 8.86. The van der Waals surface area contributed by atoms with E-state index in [0.29, 0.717) is 5.56 Å². The Kier molecular flexibility index (Phi) is 5.12. The minimum absolute atomic E-state index is 0.103. The zero-order chi connectivity index (χ0) is 16.3. The third kappa shape index (κ3) is 4.29. The van der Waals surface area contributed by atoms with E-state index in [1.165, 1.54) is 4.90 Å². The van der Waals surface area contributed by atoms with Crippen LogP contribution in [0.4, 0.5) is 0 Å². The third-order valence-electron chi connectivity index (χ3n) is 3.42. The van der Waals surface area contributed by atoms with Crippen molar-refractivity contribution in [2.45, 2.75) is 45.2 Å². The van der Waals surface area contributed by atoms with Crippen molar-refractivity contribution in [3.8, 4) is 0 Å². The van der Waals surface area contributed by atoms with Crippen molar-refractivity contribution in [3.63, 3.8) is 0 Å². The van der Waals surface area contributed by atoms with Crippen molar-refractivity contribution < 1.29 is 14.7 Å². The molecule has 0 aliphatic carbocycles. The molecule has 0 radical (unpaired) electrons. The molecule has 0 saturated carbocycles. The Balaban J connectivity index is 3.07. The minimum atomic E-state index is -1.19. The van der Waals surface area contributed by atoms with Gasteiger partial charge < -0.3 is 15.7 Å². The fraction of sp³-hybridized carbons (Fsp3) is 0.500. The Bertz CT molecular complexity index is 504. The van der Waals surface area contributed by atoms with Crippen molar-refractivity contribution in [1.82, 2.24) is 4.90 Å². The number of carbonyl (C=O) groups is 2. The number of carboxylic acid groups (broad SMARTS) is 1. The number of nitrogens with two attached hydrogens (primary N) is 1. The normalized spacial score (nSPS) is 14.3. The van der Waals surface area contributed by atoms with Gasteiger partial charge in [-0.05, 0) is 33.3 Å². The highest BCUT2D eigenvalue weighted by atomic mass is 16.4. The number of hydrogen-bond acceptors (Lipinski definition) is 3. The Morgan fingerprint density at radius 1 is 1.14 bits per heavy atom. The van der Waals surface area contributed by atoms with Gasteiger partial charge in [-0.15, -0.1) is 0 Å². The maximum atomic E-state index is 12.8. The molecule has 1 aromatic rings. The van der Waals surface area contributed by atoms with Crippen LogP contribution in [0.5, 0.6) is 0 Å². The number of amides is 1. The van der Waals surface area contributed by atoms with E-state index >= 15 is 0 Å². The smallest absolute Gasteiger partial charge is 0.305 e. The van der Waals surface area contributed by atoms with Crippen LogP contribution in [0, 0.1) is 0 Å². The second-order valence-electron chi connectivity index (χ2n) is 6.34. The van der Waals surface area contributed by atoms with Crippen molar-refractivity contribution >= 4 is 11.9 Å². The van der Waals surface area contributed by atoms with Gasteiger partial charge in [0.2, 0.25) is 5.91 Å². The zero-order valence-corrected chi connectivity index (χ0v) is 13.1. The zero-order valence-electron chi connectivity index (χ0n) is 13.1. The topological polar surface area (TPSA) is 83.6 Å². The molecule has 1 rings (SSSR count). The average Bonchev–Trinajstić information content (AvgIpc) is 2.37. The van der Waals surface area contributed by atoms with E-state index in [4.69, 9.17) is 10.8 Å². The Labute approximate surface area is 125 Å². The molecule has 0 fully saturated rings. The summed E-state index contributed by atoms with van der Waals surface area (Å²) in [5.41, 5.74) is 5.27. The van der Waals surface area contributed by atoms with Crippen molar-refractivity contribution in [1.29, 1.82) is 0 Å². The first-order valence-electron chi connectivity index (χ1n) is 6.95. The van der Waals surface area contributed by atoms with Gasteiger partial charge in [0, 0.05) is 12.1 Å². The lowest BCUT2D eigenvalue weighted by atomic mass is 9.89. The van der Waals surface area contributed by atoms with E-state index in [1.54, 1.807) is 19.1 Å². The molecule has 0 aliphatic heterocycles. The fourth-order valence-corrected chi connectivity index (χ4v) is 2.14. The maximum absolute atomic E-state index is 12.8. The highest BCUT2D eigenvalue weighted by molar-refractivity contribution is 5.88. The van der Waals surface area contributed by atoms with Crippen LogP contribution in [-0.2, 0) is 15.1 Å². The molecule has 21 heavy (non-hydrogen) atoms. The molecule has 0 bridgehead atoms. The number of hydrogen-bond donors (Lipinski definition) is 2. The molecule has 1 atom stereocenters. The maximum Gasteiger partial charge on any atom is 0.305 e. The van der Waals surface area contributed by atoms with Gasteiger partial charge in [0.1, 0.15) is 5.54 Å². The number of rotatable bonds is 5. The predicted octanol–water partition coefficient (Wildman–Crippen LogP) is 1.96. The highest BCUT2D eigenvalue weighted by Crippen LogP contribution is 2.25. The summed E-state index contributed by atoms with van der Waals surface area (Å²) < 4.78 is 0. The van der Waals surface area contributed by atoms with Crippen molar-refractivity contribution in [2.24, 2.45) is 5.73 Å². The molecule has 5 heteroatoms. The number of nitrogens with zero attached hydrogens (tertiary/aromatic N) is 1. The van der Waals surface area contributed by atoms with Crippen LogP contribution in [-0.4, -0.2) is 34.0 Å². The first-order valence-corrected chi connectivity index (χ1v) is 6.95. The average molecular weight is 292 g/mol. The van der Waals surface area contributed by atoms with Crippen LogP contribution in [0.25, 0.3) is 0 Å². The number of benzene rings is 1. The summed E-state index contributed by atoms with van der Waals surface area (Å²) in [6.45, 7) is 7.40. The van der Waals surface area contributed by atoms with Crippen LogP contribution in [0.2, 0.25) is 0 Å². The van der Waals surface area contributed by atoms with Crippen LogP contribution in [0.1, 0.15) is 39.7 Å². The van der Waals surface area contributed by atoms with E-state index in [1.807, 2.05) is 39.0 Å². The van der Waals surface area contributed by atoms with Gasteiger partial charge in [-0.2, -0.15) is 0 Å². The molecular weight excluding hydrogens is 268 g/mol. The van der Waals surface area contributed by atoms with Gasteiger partial charge >= 0.3 is 5.97 Å². The second-order valence-corrected chi connectivity index (χ2v) is 6.34. The van der Waals surface area contributed by atoms with Crippen LogP contribution in [0.3, 0.4) is 0 Å².